The second-order valence-electron chi connectivity index (χ2n) is 10.5. The molecule has 5 aromatic rings. The van der Waals surface area contributed by atoms with Crippen LogP contribution in [-0.2, 0) is 19.3 Å². The predicted octanol–water partition coefficient (Wildman–Crippen LogP) is 7.87. The van der Waals surface area contributed by atoms with Gasteiger partial charge in [-0.3, -0.25) is 9.58 Å². The molecular weight excluding hydrogens is 554 g/mol. The van der Waals surface area contributed by atoms with Gasteiger partial charge in [-0.15, -0.1) is 0 Å². The summed E-state index contributed by atoms with van der Waals surface area (Å²) in [6.45, 7) is 2.15. The maximum atomic E-state index is 14.5. The van der Waals surface area contributed by atoms with Crippen molar-refractivity contribution in [3.05, 3.63) is 119 Å². The number of nitrogens with zero attached hydrogens (tertiary/aromatic N) is 3. The topological polar surface area (TPSA) is 33.1 Å². The highest BCUT2D eigenvalue weighted by Crippen LogP contribution is 2.38. The Hall–Kier alpha value is -4.31. The van der Waals surface area contributed by atoms with Crippen LogP contribution in [0.1, 0.15) is 23.1 Å². The zero-order chi connectivity index (χ0) is 29.4. The third-order valence-electron chi connectivity index (χ3n) is 7.54. The smallest absolute Gasteiger partial charge is 0.381 e. The van der Waals surface area contributed by atoms with E-state index in [-0.39, 0.29) is 22.6 Å². The maximum absolute atomic E-state index is 14.5. The Labute approximate surface area is 238 Å². The molecule has 1 unspecified atom stereocenters. The standard InChI is InChI=1S/C32H26F6N4/c33-22-15-28(34)26(29(35)16-22)19-42-31(25-7-4-8-27(30(25)40-42)32(36,37)38)21-9-11-23(12-10-21)39-24-13-14-41(18-24)17-20-5-2-1-3-6-20/h1-12,15-16,24,39H,13-14,17-19H2. The third-order valence-corrected chi connectivity index (χ3v) is 7.54. The van der Waals surface area contributed by atoms with Crippen LogP contribution in [0, 0.1) is 17.5 Å². The number of hydrogen-bond acceptors (Lipinski definition) is 3. The maximum Gasteiger partial charge on any atom is 0.418 e. The van der Waals surface area contributed by atoms with E-state index < -0.39 is 41.3 Å². The number of benzene rings is 4. The number of nitrogens with one attached hydrogen (secondary N) is 1. The van der Waals surface area contributed by atoms with Gasteiger partial charge in [0.2, 0.25) is 0 Å². The zero-order valence-electron chi connectivity index (χ0n) is 22.3. The second-order valence-corrected chi connectivity index (χ2v) is 10.5. The van der Waals surface area contributed by atoms with E-state index in [4.69, 9.17) is 0 Å². The number of anilines is 1. The van der Waals surface area contributed by atoms with Crippen molar-refractivity contribution in [3.63, 3.8) is 0 Å². The van der Waals surface area contributed by atoms with E-state index in [9.17, 15) is 26.3 Å². The first-order chi connectivity index (χ1) is 20.2. The Kier molecular flexibility index (Phi) is 7.40. The van der Waals surface area contributed by atoms with Crippen LogP contribution in [0.4, 0.5) is 32.0 Å². The highest BCUT2D eigenvalue weighted by atomic mass is 19.4. The number of alkyl halides is 3. The van der Waals surface area contributed by atoms with Crippen molar-refractivity contribution in [3.8, 4) is 11.3 Å². The molecular formula is C32H26F6N4. The summed E-state index contributed by atoms with van der Waals surface area (Å²) in [5, 5.41) is 7.86. The summed E-state index contributed by atoms with van der Waals surface area (Å²) in [6.07, 6.45) is -3.73. The molecule has 1 aliphatic heterocycles. The Morgan fingerprint density at radius 1 is 0.833 bits per heavy atom. The van der Waals surface area contributed by atoms with Gasteiger partial charge in [-0.1, -0.05) is 54.6 Å². The zero-order valence-corrected chi connectivity index (χ0v) is 22.3. The number of likely N-dealkylation sites (tertiary alicyclic amines) is 1. The van der Waals surface area contributed by atoms with Crippen molar-refractivity contribution in [1.82, 2.24) is 14.7 Å². The van der Waals surface area contributed by atoms with Crippen molar-refractivity contribution in [2.75, 3.05) is 18.4 Å². The summed E-state index contributed by atoms with van der Waals surface area (Å²) in [5.74, 6) is -3.38. The van der Waals surface area contributed by atoms with Gasteiger partial charge in [0, 0.05) is 60.0 Å². The molecule has 1 atom stereocenters. The molecule has 1 N–H and O–H groups in total. The van der Waals surface area contributed by atoms with E-state index in [2.05, 4.69) is 27.4 Å². The molecule has 0 amide bonds. The molecule has 1 aliphatic rings. The average molecular weight is 581 g/mol. The first-order valence-electron chi connectivity index (χ1n) is 13.5. The molecule has 0 aliphatic carbocycles. The number of hydrogen-bond donors (Lipinski definition) is 1. The summed E-state index contributed by atoms with van der Waals surface area (Å²) in [5.41, 5.74) is 1.07. The van der Waals surface area contributed by atoms with E-state index in [0.717, 1.165) is 42.5 Å². The van der Waals surface area contributed by atoms with E-state index in [1.165, 1.54) is 17.7 Å². The molecule has 216 valence electrons. The Morgan fingerprint density at radius 2 is 1.55 bits per heavy atom. The number of fused-ring (bicyclic) bond motifs is 1. The van der Waals surface area contributed by atoms with Crippen molar-refractivity contribution in [1.29, 1.82) is 0 Å². The van der Waals surface area contributed by atoms with Gasteiger partial charge in [0.15, 0.2) is 0 Å². The molecule has 0 radical (unpaired) electrons. The lowest BCUT2D eigenvalue weighted by atomic mass is 10.0. The van der Waals surface area contributed by atoms with Crippen molar-refractivity contribution in [2.24, 2.45) is 0 Å². The molecule has 4 aromatic carbocycles. The molecule has 0 saturated carbocycles. The van der Waals surface area contributed by atoms with E-state index in [1.54, 1.807) is 12.1 Å². The van der Waals surface area contributed by atoms with Gasteiger partial charge >= 0.3 is 6.18 Å². The van der Waals surface area contributed by atoms with Crippen LogP contribution < -0.4 is 5.32 Å². The van der Waals surface area contributed by atoms with Gasteiger partial charge in [0.05, 0.1) is 17.8 Å². The molecule has 0 spiro atoms. The van der Waals surface area contributed by atoms with Gasteiger partial charge < -0.3 is 5.32 Å². The average Bonchev–Trinajstić information content (AvgIpc) is 3.54. The molecule has 4 nitrogen and oxygen atoms in total. The molecule has 2 heterocycles. The highest BCUT2D eigenvalue weighted by molar-refractivity contribution is 5.95. The Bertz CT molecular complexity index is 1690. The Morgan fingerprint density at radius 3 is 2.24 bits per heavy atom. The van der Waals surface area contributed by atoms with Crippen LogP contribution in [0.5, 0.6) is 0 Å². The minimum atomic E-state index is -4.69. The third kappa shape index (κ3) is 5.72. The van der Waals surface area contributed by atoms with Gasteiger partial charge in [-0.05, 0) is 30.2 Å². The summed E-state index contributed by atoms with van der Waals surface area (Å²) >= 11 is 0. The van der Waals surface area contributed by atoms with Crippen molar-refractivity contribution in [2.45, 2.75) is 31.7 Å². The minimum Gasteiger partial charge on any atom is -0.381 e. The van der Waals surface area contributed by atoms with Crippen LogP contribution in [0.15, 0.2) is 84.9 Å². The van der Waals surface area contributed by atoms with Crippen molar-refractivity contribution >= 4 is 16.6 Å². The molecule has 10 heteroatoms. The van der Waals surface area contributed by atoms with E-state index in [1.807, 2.05) is 30.3 Å². The molecule has 1 saturated heterocycles. The van der Waals surface area contributed by atoms with Crippen LogP contribution in [0.25, 0.3) is 22.2 Å². The van der Waals surface area contributed by atoms with Gasteiger partial charge in [0.1, 0.15) is 23.0 Å². The number of aromatic nitrogens is 2. The van der Waals surface area contributed by atoms with Gasteiger partial charge in [0.25, 0.3) is 0 Å². The predicted molar refractivity (Wildman–Crippen MR) is 149 cm³/mol. The van der Waals surface area contributed by atoms with E-state index in [0.29, 0.717) is 17.7 Å². The second kappa shape index (κ2) is 11.2. The van der Waals surface area contributed by atoms with Crippen LogP contribution >= 0.6 is 0 Å². The van der Waals surface area contributed by atoms with Crippen LogP contribution in [0.2, 0.25) is 0 Å². The fourth-order valence-corrected chi connectivity index (χ4v) is 5.57. The van der Waals surface area contributed by atoms with Gasteiger partial charge in [-0.2, -0.15) is 18.3 Å². The monoisotopic (exact) mass is 580 g/mol. The molecule has 1 fully saturated rings. The lowest BCUT2D eigenvalue weighted by molar-refractivity contribution is -0.136. The van der Waals surface area contributed by atoms with E-state index >= 15 is 0 Å². The minimum absolute atomic E-state index is 0.181. The summed E-state index contributed by atoms with van der Waals surface area (Å²) < 4.78 is 85.2. The lowest BCUT2D eigenvalue weighted by Crippen LogP contribution is -2.25. The highest BCUT2D eigenvalue weighted by Gasteiger charge is 2.35. The quantitative estimate of drug-likeness (QED) is 0.199. The number of rotatable bonds is 7. The molecule has 1 aromatic heterocycles. The largest absolute Gasteiger partial charge is 0.418 e. The summed E-state index contributed by atoms with van der Waals surface area (Å²) in [4.78, 5) is 2.37. The SMILES string of the molecule is Fc1cc(F)c(Cn2nc3c(C(F)(F)F)cccc3c2-c2ccc(NC3CCN(Cc4ccccc4)C3)cc2)c(F)c1. The van der Waals surface area contributed by atoms with Crippen LogP contribution in [-0.4, -0.2) is 33.8 Å². The van der Waals surface area contributed by atoms with Crippen molar-refractivity contribution < 1.29 is 26.3 Å². The first-order valence-corrected chi connectivity index (χ1v) is 13.5. The fraction of sp³-hybridized carbons (Fsp3) is 0.219. The van der Waals surface area contributed by atoms with Crippen LogP contribution in [0.3, 0.4) is 0 Å². The molecule has 6 rings (SSSR count). The Balaban J connectivity index is 1.29. The lowest BCUT2D eigenvalue weighted by Gasteiger charge is -2.18. The number of halogens is 6. The first kappa shape index (κ1) is 27.8. The van der Waals surface area contributed by atoms with Gasteiger partial charge in [-0.25, -0.2) is 13.2 Å². The normalized spacial score (nSPS) is 15.9. The summed E-state index contributed by atoms with van der Waals surface area (Å²) in [7, 11) is 0. The molecule has 42 heavy (non-hydrogen) atoms. The summed E-state index contributed by atoms with van der Waals surface area (Å²) in [6, 6.07) is 22.3. The fourth-order valence-electron chi connectivity index (χ4n) is 5.57. The molecule has 0 bridgehead atoms.